The molecule has 98 valence electrons. The fourth-order valence-corrected chi connectivity index (χ4v) is 1.39. The Morgan fingerprint density at radius 1 is 1.67 bits per heavy atom. The maximum absolute atomic E-state index is 12.6. The molecule has 0 saturated heterocycles. The minimum Gasteiger partial charge on any atom is -0.490 e. The average molecular weight is 262 g/mol. The van der Waals surface area contributed by atoms with Crippen molar-refractivity contribution in [3.63, 3.8) is 0 Å². The zero-order chi connectivity index (χ0) is 13.9. The molecule has 1 N–H and O–H groups in total. The number of carboxylic acids is 1. The minimum atomic E-state index is -3.15. The van der Waals surface area contributed by atoms with Gasteiger partial charge in [0.1, 0.15) is 0 Å². The molecule has 0 atom stereocenters. The lowest BCUT2D eigenvalue weighted by Gasteiger charge is -2.09. The van der Waals surface area contributed by atoms with Crippen LogP contribution in [0.15, 0.2) is 6.20 Å². The number of aliphatic carboxylic acids is 1. The third-order valence-corrected chi connectivity index (χ3v) is 2.04. The number of halogens is 2. The Bertz CT molecular complexity index is 492. The molecular weight excluding hydrogens is 254 g/mol. The maximum Gasteiger partial charge on any atom is 0.338 e. The smallest absolute Gasteiger partial charge is 0.338 e. The van der Waals surface area contributed by atoms with Gasteiger partial charge in [-0.1, -0.05) is 0 Å². The number of pyridine rings is 1. The first-order valence-electron chi connectivity index (χ1n) is 4.58. The van der Waals surface area contributed by atoms with Crippen LogP contribution in [0.5, 0.6) is 5.75 Å². The summed E-state index contributed by atoms with van der Waals surface area (Å²) in [6, 6.07) is 0. The van der Waals surface area contributed by atoms with E-state index < -0.39 is 40.9 Å². The number of alkyl halides is 2. The second kappa shape index (κ2) is 5.34. The van der Waals surface area contributed by atoms with Crippen molar-refractivity contribution in [3.05, 3.63) is 27.6 Å². The van der Waals surface area contributed by atoms with Crippen molar-refractivity contribution in [1.29, 1.82) is 0 Å². The highest BCUT2D eigenvalue weighted by Crippen LogP contribution is 2.37. The third kappa shape index (κ3) is 2.67. The van der Waals surface area contributed by atoms with Crippen LogP contribution in [-0.4, -0.2) is 28.1 Å². The predicted molar refractivity (Wildman–Crippen MR) is 53.7 cm³/mol. The van der Waals surface area contributed by atoms with Gasteiger partial charge in [-0.2, -0.15) is 0 Å². The fourth-order valence-electron chi connectivity index (χ4n) is 1.39. The summed E-state index contributed by atoms with van der Waals surface area (Å²) in [5.41, 5.74) is -2.20. The van der Waals surface area contributed by atoms with Crippen LogP contribution in [0, 0.1) is 10.1 Å². The lowest BCUT2D eigenvalue weighted by Crippen LogP contribution is -2.08. The fraction of sp³-hybridized carbons (Fsp3) is 0.333. The summed E-state index contributed by atoms with van der Waals surface area (Å²) in [7, 11) is 1.03. The van der Waals surface area contributed by atoms with Gasteiger partial charge in [-0.05, 0) is 0 Å². The average Bonchev–Trinajstić information content (AvgIpc) is 2.26. The van der Waals surface area contributed by atoms with Gasteiger partial charge in [-0.3, -0.25) is 14.9 Å². The summed E-state index contributed by atoms with van der Waals surface area (Å²) in [5.74, 6) is -1.79. The monoisotopic (exact) mass is 262 g/mol. The van der Waals surface area contributed by atoms with Crippen molar-refractivity contribution in [2.24, 2.45) is 0 Å². The molecule has 0 spiro atoms. The lowest BCUT2D eigenvalue weighted by atomic mass is 10.1. The minimum absolute atomic E-state index is 0.138. The molecule has 0 radical (unpaired) electrons. The maximum atomic E-state index is 12.6. The van der Waals surface area contributed by atoms with E-state index >= 15 is 0 Å². The first-order chi connectivity index (χ1) is 8.38. The van der Waals surface area contributed by atoms with E-state index in [1.165, 1.54) is 0 Å². The van der Waals surface area contributed by atoms with Crippen LogP contribution in [-0.2, 0) is 11.2 Å². The lowest BCUT2D eigenvalue weighted by molar-refractivity contribution is -0.387. The Hall–Kier alpha value is -2.32. The van der Waals surface area contributed by atoms with Crippen LogP contribution >= 0.6 is 0 Å². The summed E-state index contributed by atoms with van der Waals surface area (Å²) in [6.45, 7) is 0. The molecule has 0 unspecified atom stereocenters. The topological polar surface area (TPSA) is 103 Å². The van der Waals surface area contributed by atoms with Crippen molar-refractivity contribution in [2.45, 2.75) is 12.8 Å². The molecular formula is C9H8F2N2O5. The van der Waals surface area contributed by atoms with E-state index in [1.54, 1.807) is 0 Å². The SMILES string of the molecule is COc1c(CC(=O)O)cnc(C(F)F)c1[N+](=O)[O-]. The van der Waals surface area contributed by atoms with Gasteiger partial charge in [-0.15, -0.1) is 0 Å². The van der Waals surface area contributed by atoms with Crippen LogP contribution in [0.4, 0.5) is 14.5 Å². The van der Waals surface area contributed by atoms with Gasteiger partial charge >= 0.3 is 11.7 Å². The molecule has 18 heavy (non-hydrogen) atoms. The summed E-state index contributed by atoms with van der Waals surface area (Å²) in [4.78, 5) is 23.4. The van der Waals surface area contributed by atoms with E-state index in [1.807, 2.05) is 0 Å². The number of nitro groups is 1. The second-order valence-electron chi connectivity index (χ2n) is 3.18. The highest BCUT2D eigenvalue weighted by atomic mass is 19.3. The number of hydrogen-bond donors (Lipinski definition) is 1. The second-order valence-corrected chi connectivity index (χ2v) is 3.18. The number of methoxy groups -OCH3 is 1. The number of carbonyl (C=O) groups is 1. The molecule has 9 heteroatoms. The first-order valence-corrected chi connectivity index (χ1v) is 4.58. The summed E-state index contributed by atoms with van der Waals surface area (Å²) in [6.07, 6.45) is -2.93. The highest BCUT2D eigenvalue weighted by molar-refractivity contribution is 5.72. The van der Waals surface area contributed by atoms with Crippen LogP contribution in [0.2, 0.25) is 0 Å². The van der Waals surface area contributed by atoms with Gasteiger partial charge in [0.25, 0.3) is 6.43 Å². The van der Waals surface area contributed by atoms with Crippen LogP contribution in [0.1, 0.15) is 17.7 Å². The number of aromatic nitrogens is 1. The molecule has 0 bridgehead atoms. The molecule has 0 fully saturated rings. The first kappa shape index (κ1) is 13.7. The molecule has 0 aromatic carbocycles. The summed E-state index contributed by atoms with van der Waals surface area (Å²) < 4.78 is 29.8. The predicted octanol–water partition coefficient (Wildman–Crippen LogP) is 1.56. The van der Waals surface area contributed by atoms with Crippen LogP contribution in [0.25, 0.3) is 0 Å². The quantitative estimate of drug-likeness (QED) is 0.638. The summed E-state index contributed by atoms with van der Waals surface area (Å²) in [5, 5.41) is 19.3. The number of hydrogen-bond acceptors (Lipinski definition) is 5. The van der Waals surface area contributed by atoms with Gasteiger partial charge in [0.05, 0.1) is 18.5 Å². The molecule has 0 aliphatic rings. The molecule has 7 nitrogen and oxygen atoms in total. The van der Waals surface area contributed by atoms with Crippen molar-refractivity contribution < 1.29 is 28.3 Å². The number of ether oxygens (including phenoxy) is 1. The normalized spacial score (nSPS) is 10.4. The Morgan fingerprint density at radius 3 is 2.67 bits per heavy atom. The zero-order valence-corrected chi connectivity index (χ0v) is 9.09. The molecule has 1 aromatic heterocycles. The van der Waals surface area contributed by atoms with E-state index in [0.717, 1.165) is 13.3 Å². The van der Waals surface area contributed by atoms with Gasteiger partial charge in [0.2, 0.25) is 5.75 Å². The largest absolute Gasteiger partial charge is 0.490 e. The van der Waals surface area contributed by atoms with Gasteiger partial charge in [-0.25, -0.2) is 13.8 Å². The van der Waals surface area contributed by atoms with Gasteiger partial charge < -0.3 is 9.84 Å². The molecule has 0 aliphatic heterocycles. The van der Waals surface area contributed by atoms with E-state index in [4.69, 9.17) is 5.11 Å². The molecule has 0 saturated carbocycles. The van der Waals surface area contributed by atoms with Crippen LogP contribution in [0.3, 0.4) is 0 Å². The van der Waals surface area contributed by atoms with E-state index in [2.05, 4.69) is 9.72 Å². The van der Waals surface area contributed by atoms with E-state index in [9.17, 15) is 23.7 Å². The third-order valence-electron chi connectivity index (χ3n) is 2.04. The van der Waals surface area contributed by atoms with Crippen molar-refractivity contribution in [3.8, 4) is 5.75 Å². The zero-order valence-electron chi connectivity index (χ0n) is 9.09. The Labute approximate surface area is 99.2 Å². The Morgan fingerprint density at radius 2 is 2.28 bits per heavy atom. The highest BCUT2D eigenvalue weighted by Gasteiger charge is 2.31. The Kier molecular flexibility index (Phi) is 4.08. The van der Waals surface area contributed by atoms with Crippen LogP contribution < -0.4 is 4.74 Å². The van der Waals surface area contributed by atoms with E-state index in [-0.39, 0.29) is 5.56 Å². The standard InChI is InChI=1S/C9H8F2N2O5/c1-18-8-4(2-5(14)15)3-12-6(9(10)11)7(8)13(16)17/h3,9H,2H2,1H3,(H,14,15). The molecule has 0 aliphatic carbocycles. The molecule has 1 heterocycles. The number of carboxylic acid groups (broad SMARTS) is 1. The number of rotatable bonds is 5. The van der Waals surface area contributed by atoms with Crippen molar-refractivity contribution in [2.75, 3.05) is 7.11 Å². The molecule has 1 aromatic rings. The Balaban J connectivity index is 3.47. The molecule has 1 rings (SSSR count). The van der Waals surface area contributed by atoms with Gasteiger partial charge in [0.15, 0.2) is 5.69 Å². The molecule has 0 amide bonds. The number of nitrogens with zero attached hydrogens (tertiary/aromatic N) is 2. The summed E-state index contributed by atoms with van der Waals surface area (Å²) >= 11 is 0. The van der Waals surface area contributed by atoms with E-state index in [0.29, 0.717) is 0 Å². The van der Waals surface area contributed by atoms with Gasteiger partial charge in [0, 0.05) is 11.8 Å². The van der Waals surface area contributed by atoms with Crippen molar-refractivity contribution in [1.82, 2.24) is 4.98 Å². The van der Waals surface area contributed by atoms with Crippen molar-refractivity contribution >= 4 is 11.7 Å².